The number of aromatic nitrogens is 2. The van der Waals surface area contributed by atoms with Crippen molar-refractivity contribution in [1.29, 1.82) is 0 Å². The summed E-state index contributed by atoms with van der Waals surface area (Å²) < 4.78 is 7.07. The normalized spacial score (nSPS) is 13.6. The van der Waals surface area contributed by atoms with Gasteiger partial charge in [0.05, 0.1) is 8.07 Å². The van der Waals surface area contributed by atoms with Gasteiger partial charge >= 0.3 is 5.69 Å². The first-order valence-corrected chi connectivity index (χ1v) is 9.06. The minimum absolute atomic E-state index is 0.173. The van der Waals surface area contributed by atoms with Crippen molar-refractivity contribution in [3.05, 3.63) is 33.1 Å². The van der Waals surface area contributed by atoms with Crippen LogP contribution in [0.2, 0.25) is 19.1 Å². The second-order valence-corrected chi connectivity index (χ2v) is 10.4. The molecule has 0 saturated carbocycles. The van der Waals surface area contributed by atoms with Crippen molar-refractivity contribution in [2.75, 3.05) is 0 Å². The molecular weight excluding hydrogens is 236 g/mol. The molecular formula is C11H20N2O3Si. The average Bonchev–Trinajstić information content (AvgIpc) is 2.27. The second-order valence-electron chi connectivity index (χ2n) is 4.86. The van der Waals surface area contributed by atoms with Crippen LogP contribution in [-0.2, 0) is 11.5 Å². The van der Waals surface area contributed by atoms with E-state index in [-0.39, 0.29) is 18.0 Å². The topological polar surface area (TPSA) is 64.1 Å². The molecule has 0 aliphatic rings. The van der Waals surface area contributed by atoms with E-state index in [4.69, 9.17) is 4.74 Å². The Balaban J connectivity index is 2.68. The summed E-state index contributed by atoms with van der Waals surface area (Å²) >= 11 is 0. The first-order valence-electron chi connectivity index (χ1n) is 5.78. The second kappa shape index (κ2) is 5.46. The van der Waals surface area contributed by atoms with Gasteiger partial charge in [-0.3, -0.25) is 14.3 Å². The Hall–Kier alpha value is -1.14. The average molecular weight is 256 g/mol. The van der Waals surface area contributed by atoms with Crippen molar-refractivity contribution < 1.29 is 4.74 Å². The maximum atomic E-state index is 11.4. The quantitative estimate of drug-likeness (QED) is 0.804. The van der Waals surface area contributed by atoms with Crippen LogP contribution in [0.5, 0.6) is 0 Å². The van der Waals surface area contributed by atoms with Crippen LogP contribution in [-0.4, -0.2) is 23.4 Å². The van der Waals surface area contributed by atoms with Crippen LogP contribution in [0.1, 0.15) is 13.8 Å². The zero-order valence-corrected chi connectivity index (χ0v) is 11.8. The van der Waals surface area contributed by atoms with Gasteiger partial charge in [-0.25, -0.2) is 4.79 Å². The number of nitrogens with one attached hydrogen (secondary N) is 1. The molecule has 0 bridgehead atoms. The molecule has 0 spiro atoms. The van der Waals surface area contributed by atoms with Gasteiger partial charge in [-0.15, -0.1) is 0 Å². The number of nitrogens with zero attached hydrogens (tertiary/aromatic N) is 1. The van der Waals surface area contributed by atoms with E-state index >= 15 is 0 Å². The number of rotatable bonds is 5. The molecule has 96 valence electrons. The first kappa shape index (κ1) is 13.9. The Labute approximate surface area is 101 Å². The number of hydrogen-bond donors (Lipinski definition) is 1. The zero-order chi connectivity index (χ0) is 13.1. The third-order valence-electron chi connectivity index (χ3n) is 3.37. The fourth-order valence-corrected chi connectivity index (χ4v) is 2.35. The monoisotopic (exact) mass is 256 g/mol. The highest BCUT2D eigenvalue weighted by atomic mass is 28.3. The Morgan fingerprint density at radius 3 is 2.65 bits per heavy atom. The number of hydrogen-bond acceptors (Lipinski definition) is 3. The van der Waals surface area contributed by atoms with E-state index in [1.165, 1.54) is 16.8 Å². The molecule has 0 aromatic carbocycles. The Kier molecular flexibility index (Phi) is 4.47. The van der Waals surface area contributed by atoms with Gasteiger partial charge in [0.25, 0.3) is 5.56 Å². The number of ether oxygens (including phenoxy) is 1. The molecule has 5 nitrogen and oxygen atoms in total. The molecule has 1 heterocycles. The lowest BCUT2D eigenvalue weighted by molar-refractivity contribution is 0.0531. The standard InChI is InChI=1S/C11H20N2O3Si/c1-5-17(3,4)9(2)16-8-13-7-6-10(14)12-11(13)15/h6-7,9H,5,8H2,1-4H3,(H,12,14,15). The summed E-state index contributed by atoms with van der Waals surface area (Å²) in [6, 6.07) is 2.45. The molecule has 0 aliphatic carbocycles. The summed E-state index contributed by atoms with van der Waals surface area (Å²) in [4.78, 5) is 24.5. The molecule has 6 heteroatoms. The molecule has 0 aliphatic heterocycles. The van der Waals surface area contributed by atoms with Crippen LogP contribution in [0.25, 0.3) is 0 Å². The lowest BCUT2D eigenvalue weighted by Crippen LogP contribution is -2.41. The van der Waals surface area contributed by atoms with Gasteiger partial charge in [0.15, 0.2) is 0 Å². The van der Waals surface area contributed by atoms with Crippen molar-refractivity contribution in [2.24, 2.45) is 0 Å². The number of H-pyrrole nitrogens is 1. The van der Waals surface area contributed by atoms with Crippen molar-refractivity contribution in [3.8, 4) is 0 Å². The maximum Gasteiger partial charge on any atom is 0.330 e. The van der Waals surface area contributed by atoms with E-state index in [0.717, 1.165) is 6.04 Å². The smallest absolute Gasteiger partial charge is 0.330 e. The highest BCUT2D eigenvalue weighted by Crippen LogP contribution is 2.16. The first-order chi connectivity index (χ1) is 7.86. The van der Waals surface area contributed by atoms with Crippen LogP contribution in [0.3, 0.4) is 0 Å². The Bertz CT molecular complexity index is 478. The highest BCUT2D eigenvalue weighted by molar-refractivity contribution is 6.78. The van der Waals surface area contributed by atoms with Gasteiger partial charge < -0.3 is 4.74 Å². The summed E-state index contributed by atoms with van der Waals surface area (Å²) in [5, 5.41) is 0. The summed E-state index contributed by atoms with van der Waals surface area (Å²) in [6.45, 7) is 8.92. The molecule has 0 amide bonds. The Morgan fingerprint density at radius 1 is 1.47 bits per heavy atom. The highest BCUT2D eigenvalue weighted by Gasteiger charge is 2.26. The largest absolute Gasteiger partial charge is 0.361 e. The number of aromatic amines is 1. The molecule has 0 saturated heterocycles. The lowest BCUT2D eigenvalue weighted by Gasteiger charge is -2.28. The molecule has 17 heavy (non-hydrogen) atoms. The molecule has 0 radical (unpaired) electrons. The van der Waals surface area contributed by atoms with Gasteiger partial charge in [-0.05, 0) is 6.92 Å². The van der Waals surface area contributed by atoms with Gasteiger partial charge in [0.2, 0.25) is 0 Å². The predicted molar refractivity (Wildman–Crippen MR) is 69.8 cm³/mol. The Morgan fingerprint density at radius 2 is 2.12 bits per heavy atom. The summed E-state index contributed by atoms with van der Waals surface area (Å²) in [6.07, 6.45) is 1.45. The third kappa shape index (κ3) is 3.67. The van der Waals surface area contributed by atoms with Gasteiger partial charge in [-0.2, -0.15) is 0 Å². The predicted octanol–water partition coefficient (Wildman–Crippen LogP) is 1.17. The fourth-order valence-electron chi connectivity index (χ4n) is 1.25. The van der Waals surface area contributed by atoms with Crippen molar-refractivity contribution >= 4 is 8.07 Å². The minimum Gasteiger partial charge on any atom is -0.361 e. The van der Waals surface area contributed by atoms with E-state index in [1.54, 1.807) is 0 Å². The lowest BCUT2D eigenvalue weighted by atomic mass is 10.6. The van der Waals surface area contributed by atoms with Crippen molar-refractivity contribution in [2.45, 2.75) is 45.4 Å². The van der Waals surface area contributed by atoms with E-state index in [9.17, 15) is 9.59 Å². The summed E-state index contributed by atoms with van der Waals surface area (Å²) in [7, 11) is -1.37. The molecule has 0 fully saturated rings. The van der Waals surface area contributed by atoms with E-state index < -0.39 is 13.8 Å². The minimum atomic E-state index is -1.37. The molecule has 1 aromatic rings. The van der Waals surface area contributed by atoms with Crippen LogP contribution < -0.4 is 11.2 Å². The molecule has 1 unspecified atom stereocenters. The van der Waals surface area contributed by atoms with Gasteiger partial charge in [-0.1, -0.05) is 26.1 Å². The molecule has 1 atom stereocenters. The molecule has 1 aromatic heterocycles. The van der Waals surface area contributed by atoms with Gasteiger partial charge in [0, 0.05) is 18.0 Å². The molecule has 1 rings (SSSR count). The van der Waals surface area contributed by atoms with Crippen molar-refractivity contribution in [1.82, 2.24) is 9.55 Å². The van der Waals surface area contributed by atoms with E-state index in [2.05, 4.69) is 25.0 Å². The van der Waals surface area contributed by atoms with Crippen LogP contribution in [0, 0.1) is 0 Å². The summed E-state index contributed by atoms with van der Waals surface area (Å²) in [5.74, 6) is 0. The third-order valence-corrected chi connectivity index (χ3v) is 7.56. The van der Waals surface area contributed by atoms with E-state index in [0.29, 0.717) is 0 Å². The molecule has 1 N–H and O–H groups in total. The fraction of sp³-hybridized carbons (Fsp3) is 0.636. The SMILES string of the molecule is CC[Si](C)(C)C(C)OCn1ccc(=O)[nH]c1=O. The zero-order valence-electron chi connectivity index (χ0n) is 10.8. The maximum absolute atomic E-state index is 11.4. The van der Waals surface area contributed by atoms with Crippen molar-refractivity contribution in [3.63, 3.8) is 0 Å². The van der Waals surface area contributed by atoms with E-state index in [1.807, 2.05) is 6.92 Å². The van der Waals surface area contributed by atoms with Crippen LogP contribution in [0.4, 0.5) is 0 Å². The summed E-state index contributed by atoms with van der Waals surface area (Å²) in [5.41, 5.74) is -0.644. The van der Waals surface area contributed by atoms with Gasteiger partial charge in [0.1, 0.15) is 6.73 Å². The van der Waals surface area contributed by atoms with Crippen LogP contribution >= 0.6 is 0 Å². The van der Waals surface area contributed by atoms with Crippen LogP contribution in [0.15, 0.2) is 21.9 Å².